The lowest BCUT2D eigenvalue weighted by atomic mass is 9.78. The third-order valence-electron chi connectivity index (χ3n) is 3.93. The van der Waals surface area contributed by atoms with Crippen molar-refractivity contribution in [1.29, 1.82) is 0 Å². The summed E-state index contributed by atoms with van der Waals surface area (Å²) in [5.41, 5.74) is 7.69. The molecule has 0 fully saturated rings. The highest BCUT2D eigenvalue weighted by atomic mass is 16.5. The van der Waals surface area contributed by atoms with Crippen LogP contribution in [0, 0.1) is 0 Å². The second kappa shape index (κ2) is 5.63. The number of allylic oxidation sites excluding steroid dienone is 2. The van der Waals surface area contributed by atoms with E-state index < -0.39 is 11.9 Å². The topological polar surface area (TPSA) is 91.5 Å². The fourth-order valence-electron chi connectivity index (χ4n) is 2.97. The summed E-state index contributed by atoms with van der Waals surface area (Å²) in [7, 11) is 1.29. The molecular formula is C16H16N2O4. The highest BCUT2D eigenvalue weighted by Crippen LogP contribution is 2.44. The lowest BCUT2D eigenvalue weighted by Crippen LogP contribution is -2.30. The quantitative estimate of drug-likeness (QED) is 0.833. The van der Waals surface area contributed by atoms with E-state index in [0.717, 1.165) is 17.6 Å². The second-order valence-electron chi connectivity index (χ2n) is 5.22. The molecule has 2 N–H and O–H groups in total. The van der Waals surface area contributed by atoms with Crippen LogP contribution in [0.3, 0.4) is 0 Å². The van der Waals surface area contributed by atoms with Crippen molar-refractivity contribution in [3.05, 3.63) is 52.9 Å². The van der Waals surface area contributed by atoms with E-state index in [9.17, 15) is 9.59 Å². The van der Waals surface area contributed by atoms with Crippen molar-refractivity contribution >= 4 is 11.8 Å². The first-order valence-electron chi connectivity index (χ1n) is 7.05. The monoisotopic (exact) mass is 300 g/mol. The van der Waals surface area contributed by atoms with Gasteiger partial charge in [-0.15, -0.1) is 0 Å². The van der Waals surface area contributed by atoms with E-state index in [4.69, 9.17) is 15.2 Å². The third kappa shape index (κ3) is 2.26. The molecule has 1 aliphatic heterocycles. The molecule has 0 saturated carbocycles. The molecule has 0 radical (unpaired) electrons. The van der Waals surface area contributed by atoms with E-state index in [0.29, 0.717) is 12.8 Å². The standard InChI is InChI=1S/C16H16N2O4/c1-21-16(20)13-12(9-4-3-7-18-8-9)10-5-2-6-11(19)14(10)22-15(13)17/h3-4,7-8,12H,2,5-6,17H2,1H3/t12-/m1/s1. The number of carbonyl (C=O) groups excluding carboxylic acids is 2. The Labute approximate surface area is 127 Å². The number of methoxy groups -OCH3 is 1. The van der Waals surface area contributed by atoms with E-state index in [1.807, 2.05) is 6.07 Å². The fraction of sp³-hybridized carbons (Fsp3) is 0.312. The summed E-state index contributed by atoms with van der Waals surface area (Å²) in [6, 6.07) is 3.63. The van der Waals surface area contributed by atoms with Gasteiger partial charge in [-0.25, -0.2) is 4.79 Å². The van der Waals surface area contributed by atoms with Gasteiger partial charge in [-0.2, -0.15) is 0 Å². The first-order valence-corrected chi connectivity index (χ1v) is 7.05. The van der Waals surface area contributed by atoms with Gasteiger partial charge < -0.3 is 15.2 Å². The highest BCUT2D eigenvalue weighted by molar-refractivity contribution is 5.98. The average Bonchev–Trinajstić information content (AvgIpc) is 2.55. The number of esters is 1. The Balaban J connectivity index is 2.17. The third-order valence-corrected chi connectivity index (χ3v) is 3.93. The molecule has 0 saturated heterocycles. The Morgan fingerprint density at radius 3 is 2.95 bits per heavy atom. The van der Waals surface area contributed by atoms with Crippen molar-refractivity contribution in [3.63, 3.8) is 0 Å². The predicted octanol–water partition coefficient (Wildman–Crippen LogP) is 1.55. The lowest BCUT2D eigenvalue weighted by Gasteiger charge is -2.32. The van der Waals surface area contributed by atoms with Crippen LogP contribution in [0.5, 0.6) is 0 Å². The van der Waals surface area contributed by atoms with Crippen LogP contribution in [0.1, 0.15) is 30.7 Å². The largest absolute Gasteiger partial charge is 0.465 e. The summed E-state index contributed by atoms with van der Waals surface area (Å²) < 4.78 is 10.3. The van der Waals surface area contributed by atoms with Crippen molar-refractivity contribution in [2.45, 2.75) is 25.2 Å². The van der Waals surface area contributed by atoms with Gasteiger partial charge in [0.15, 0.2) is 11.5 Å². The first-order chi connectivity index (χ1) is 10.6. The normalized spacial score (nSPS) is 21.3. The number of ether oxygens (including phenoxy) is 2. The SMILES string of the molecule is COC(=O)C1=C(N)OC2=C(CCCC2=O)[C@H]1c1cccnc1. The molecule has 1 aromatic heterocycles. The van der Waals surface area contributed by atoms with Crippen LogP contribution in [0.4, 0.5) is 0 Å². The maximum atomic E-state index is 12.1. The number of rotatable bonds is 2. The van der Waals surface area contributed by atoms with Crippen LogP contribution >= 0.6 is 0 Å². The van der Waals surface area contributed by atoms with E-state index in [-0.39, 0.29) is 23.0 Å². The van der Waals surface area contributed by atoms with Crippen LogP contribution in [-0.4, -0.2) is 23.8 Å². The summed E-state index contributed by atoms with van der Waals surface area (Å²) in [6.45, 7) is 0. The molecule has 0 amide bonds. The number of Topliss-reactive ketones (excluding diaryl/α,β-unsaturated/α-hetero) is 1. The number of hydrogen-bond donors (Lipinski definition) is 1. The van der Waals surface area contributed by atoms with Gasteiger partial charge in [-0.1, -0.05) is 6.07 Å². The van der Waals surface area contributed by atoms with Gasteiger partial charge in [-0.3, -0.25) is 9.78 Å². The Kier molecular flexibility index (Phi) is 3.66. The van der Waals surface area contributed by atoms with Crippen molar-refractivity contribution in [2.24, 2.45) is 5.73 Å². The molecule has 2 aliphatic rings. The average molecular weight is 300 g/mol. The first kappa shape index (κ1) is 14.3. The molecule has 0 aromatic carbocycles. The number of ketones is 1. The molecule has 1 aliphatic carbocycles. The van der Waals surface area contributed by atoms with Crippen molar-refractivity contribution < 1.29 is 19.1 Å². The van der Waals surface area contributed by atoms with Crippen LogP contribution in [0.25, 0.3) is 0 Å². The van der Waals surface area contributed by atoms with E-state index >= 15 is 0 Å². The van der Waals surface area contributed by atoms with Gasteiger partial charge in [0, 0.05) is 24.7 Å². The minimum atomic E-state index is -0.559. The Morgan fingerprint density at radius 2 is 2.27 bits per heavy atom. The smallest absolute Gasteiger partial charge is 0.340 e. The van der Waals surface area contributed by atoms with Gasteiger partial charge in [0.1, 0.15) is 5.57 Å². The molecule has 1 atom stereocenters. The predicted molar refractivity (Wildman–Crippen MR) is 77.2 cm³/mol. The van der Waals surface area contributed by atoms with Crippen LogP contribution in [0.2, 0.25) is 0 Å². The minimum absolute atomic E-state index is 0.0743. The molecule has 6 nitrogen and oxygen atoms in total. The Morgan fingerprint density at radius 1 is 1.45 bits per heavy atom. The molecule has 22 heavy (non-hydrogen) atoms. The summed E-state index contributed by atoms with van der Waals surface area (Å²) in [5.74, 6) is -0.896. The Bertz CT molecular complexity index is 691. The van der Waals surface area contributed by atoms with Gasteiger partial charge in [-0.05, 0) is 30.0 Å². The maximum Gasteiger partial charge on any atom is 0.340 e. The van der Waals surface area contributed by atoms with Gasteiger partial charge in [0.05, 0.1) is 7.11 Å². The van der Waals surface area contributed by atoms with E-state index in [2.05, 4.69) is 4.98 Å². The summed E-state index contributed by atoms with van der Waals surface area (Å²) in [6.07, 6.45) is 5.14. The van der Waals surface area contributed by atoms with Gasteiger partial charge in [0.25, 0.3) is 0 Å². The molecule has 0 spiro atoms. The molecule has 3 rings (SSSR count). The molecule has 2 heterocycles. The molecule has 6 heteroatoms. The minimum Gasteiger partial charge on any atom is -0.465 e. The molecule has 1 aromatic rings. The number of carbonyl (C=O) groups is 2. The van der Waals surface area contributed by atoms with E-state index in [1.54, 1.807) is 18.5 Å². The molecule has 114 valence electrons. The van der Waals surface area contributed by atoms with Gasteiger partial charge in [0.2, 0.25) is 5.88 Å². The van der Waals surface area contributed by atoms with Crippen LogP contribution < -0.4 is 5.73 Å². The molecule has 0 unspecified atom stereocenters. The highest BCUT2D eigenvalue weighted by Gasteiger charge is 2.40. The summed E-state index contributed by atoms with van der Waals surface area (Å²) in [5, 5.41) is 0. The fourth-order valence-corrected chi connectivity index (χ4v) is 2.97. The molecule has 0 bridgehead atoms. The number of aromatic nitrogens is 1. The lowest BCUT2D eigenvalue weighted by molar-refractivity contribution is -0.137. The number of nitrogens with zero attached hydrogens (tertiary/aromatic N) is 1. The zero-order valence-electron chi connectivity index (χ0n) is 12.2. The maximum absolute atomic E-state index is 12.1. The second-order valence-corrected chi connectivity index (χ2v) is 5.22. The molecular weight excluding hydrogens is 284 g/mol. The number of nitrogens with two attached hydrogens (primary N) is 1. The van der Waals surface area contributed by atoms with E-state index in [1.165, 1.54) is 7.11 Å². The summed E-state index contributed by atoms with van der Waals surface area (Å²) in [4.78, 5) is 28.4. The van der Waals surface area contributed by atoms with Crippen molar-refractivity contribution in [3.8, 4) is 0 Å². The zero-order valence-corrected chi connectivity index (χ0v) is 12.2. The van der Waals surface area contributed by atoms with Crippen molar-refractivity contribution in [2.75, 3.05) is 7.11 Å². The van der Waals surface area contributed by atoms with Gasteiger partial charge >= 0.3 is 5.97 Å². The van der Waals surface area contributed by atoms with Crippen LogP contribution in [0.15, 0.2) is 47.3 Å². The Hall–Kier alpha value is -2.63. The zero-order chi connectivity index (χ0) is 15.7. The number of hydrogen-bond acceptors (Lipinski definition) is 6. The van der Waals surface area contributed by atoms with Crippen molar-refractivity contribution in [1.82, 2.24) is 4.98 Å². The van der Waals surface area contributed by atoms with Crippen LogP contribution in [-0.2, 0) is 19.1 Å². The number of pyridine rings is 1. The summed E-state index contributed by atoms with van der Waals surface area (Å²) >= 11 is 0.